The SMILES string of the molecule is CCNCc1cnc(OCCOCCCOC)nc1C. The van der Waals surface area contributed by atoms with E-state index in [0.29, 0.717) is 25.8 Å². The first-order valence-corrected chi connectivity index (χ1v) is 7.00. The van der Waals surface area contributed by atoms with Gasteiger partial charge in [-0.25, -0.2) is 9.97 Å². The number of aromatic nitrogens is 2. The van der Waals surface area contributed by atoms with Crippen molar-refractivity contribution in [3.8, 4) is 6.01 Å². The van der Waals surface area contributed by atoms with Crippen LogP contribution in [0.25, 0.3) is 0 Å². The molecule has 1 aromatic heterocycles. The predicted octanol–water partition coefficient (Wildman–Crippen LogP) is 1.33. The summed E-state index contributed by atoms with van der Waals surface area (Å²) in [7, 11) is 1.68. The average molecular weight is 283 g/mol. The third-order valence-corrected chi connectivity index (χ3v) is 2.72. The molecule has 0 aromatic carbocycles. The predicted molar refractivity (Wildman–Crippen MR) is 77.0 cm³/mol. The highest BCUT2D eigenvalue weighted by Crippen LogP contribution is 2.08. The zero-order valence-electron chi connectivity index (χ0n) is 12.6. The van der Waals surface area contributed by atoms with Crippen molar-refractivity contribution >= 4 is 0 Å². The van der Waals surface area contributed by atoms with Crippen LogP contribution in [-0.2, 0) is 16.0 Å². The van der Waals surface area contributed by atoms with Gasteiger partial charge in [-0.3, -0.25) is 0 Å². The van der Waals surface area contributed by atoms with E-state index in [4.69, 9.17) is 14.2 Å². The van der Waals surface area contributed by atoms with Gasteiger partial charge in [0.2, 0.25) is 0 Å². The van der Waals surface area contributed by atoms with Crippen LogP contribution in [0, 0.1) is 6.92 Å². The van der Waals surface area contributed by atoms with Crippen molar-refractivity contribution < 1.29 is 14.2 Å². The van der Waals surface area contributed by atoms with Gasteiger partial charge in [0.05, 0.1) is 6.61 Å². The molecular formula is C14H25N3O3. The maximum Gasteiger partial charge on any atom is 0.316 e. The Morgan fingerprint density at radius 1 is 1.20 bits per heavy atom. The lowest BCUT2D eigenvalue weighted by Gasteiger charge is -2.08. The van der Waals surface area contributed by atoms with Crippen LogP contribution in [-0.4, -0.2) is 50.1 Å². The second-order valence-electron chi connectivity index (χ2n) is 4.35. The standard InChI is InChI=1S/C14H25N3O3/c1-4-15-10-13-11-16-14(17-12(13)2)20-9-8-19-7-5-6-18-3/h11,15H,4-10H2,1-3H3. The number of rotatable bonds is 11. The number of hydrogen-bond donors (Lipinski definition) is 1. The third kappa shape index (κ3) is 6.79. The zero-order valence-corrected chi connectivity index (χ0v) is 12.6. The molecule has 0 saturated heterocycles. The second-order valence-corrected chi connectivity index (χ2v) is 4.35. The summed E-state index contributed by atoms with van der Waals surface area (Å²) in [4.78, 5) is 8.52. The minimum atomic E-state index is 0.406. The quantitative estimate of drug-likeness (QED) is 0.618. The van der Waals surface area contributed by atoms with Crippen molar-refractivity contribution in [3.05, 3.63) is 17.5 Å². The molecular weight excluding hydrogens is 258 g/mol. The Kier molecular flexibility index (Phi) is 8.86. The van der Waals surface area contributed by atoms with Crippen molar-refractivity contribution in [1.29, 1.82) is 0 Å². The molecule has 6 heteroatoms. The van der Waals surface area contributed by atoms with Gasteiger partial charge in [0.15, 0.2) is 0 Å². The first kappa shape index (κ1) is 16.8. The van der Waals surface area contributed by atoms with Crippen molar-refractivity contribution in [2.75, 3.05) is 40.1 Å². The van der Waals surface area contributed by atoms with E-state index in [0.717, 1.165) is 37.4 Å². The molecule has 0 aliphatic carbocycles. The fourth-order valence-corrected chi connectivity index (χ4v) is 1.57. The molecule has 1 heterocycles. The van der Waals surface area contributed by atoms with Crippen LogP contribution < -0.4 is 10.1 Å². The summed E-state index contributed by atoms with van der Waals surface area (Å²) in [6, 6.07) is 0.406. The van der Waals surface area contributed by atoms with E-state index in [2.05, 4.69) is 22.2 Å². The number of ether oxygens (including phenoxy) is 3. The molecule has 6 nitrogen and oxygen atoms in total. The molecule has 0 aliphatic rings. The second kappa shape index (κ2) is 10.5. The summed E-state index contributed by atoms with van der Waals surface area (Å²) < 4.78 is 15.8. The van der Waals surface area contributed by atoms with Crippen molar-refractivity contribution in [1.82, 2.24) is 15.3 Å². The molecule has 0 atom stereocenters. The fourth-order valence-electron chi connectivity index (χ4n) is 1.57. The van der Waals surface area contributed by atoms with E-state index in [1.807, 2.05) is 6.92 Å². The maximum atomic E-state index is 5.45. The number of aryl methyl sites for hydroxylation is 1. The lowest BCUT2D eigenvalue weighted by atomic mass is 10.2. The number of nitrogens with zero attached hydrogens (tertiary/aromatic N) is 2. The molecule has 0 saturated carbocycles. The minimum absolute atomic E-state index is 0.406. The van der Waals surface area contributed by atoms with Crippen molar-refractivity contribution in [2.45, 2.75) is 26.8 Å². The van der Waals surface area contributed by atoms with Crippen LogP contribution in [0.2, 0.25) is 0 Å². The van der Waals surface area contributed by atoms with Gasteiger partial charge in [0.1, 0.15) is 6.61 Å². The zero-order chi connectivity index (χ0) is 14.6. The van der Waals surface area contributed by atoms with E-state index < -0.39 is 0 Å². The average Bonchev–Trinajstić information content (AvgIpc) is 2.45. The van der Waals surface area contributed by atoms with Gasteiger partial charge in [-0.15, -0.1) is 0 Å². The van der Waals surface area contributed by atoms with Crippen LogP contribution in [0.3, 0.4) is 0 Å². The molecule has 0 spiro atoms. The third-order valence-electron chi connectivity index (χ3n) is 2.72. The molecule has 0 fully saturated rings. The van der Waals surface area contributed by atoms with Crippen LogP contribution >= 0.6 is 0 Å². The molecule has 1 N–H and O–H groups in total. The van der Waals surface area contributed by atoms with Crippen LogP contribution in [0.15, 0.2) is 6.20 Å². The summed E-state index contributed by atoms with van der Waals surface area (Å²) in [5.41, 5.74) is 2.03. The van der Waals surface area contributed by atoms with E-state index in [-0.39, 0.29) is 0 Å². The van der Waals surface area contributed by atoms with Crippen LogP contribution in [0.5, 0.6) is 6.01 Å². The summed E-state index contributed by atoms with van der Waals surface area (Å²) in [5.74, 6) is 0. The summed E-state index contributed by atoms with van der Waals surface area (Å²) in [6.07, 6.45) is 2.70. The van der Waals surface area contributed by atoms with Gasteiger partial charge in [0, 0.05) is 44.3 Å². The highest BCUT2D eigenvalue weighted by Gasteiger charge is 2.03. The van der Waals surface area contributed by atoms with Gasteiger partial charge in [0.25, 0.3) is 0 Å². The Hall–Kier alpha value is -1.24. The van der Waals surface area contributed by atoms with Gasteiger partial charge in [-0.1, -0.05) is 6.92 Å². The Bertz CT molecular complexity index is 375. The Balaban J connectivity index is 2.22. The lowest BCUT2D eigenvalue weighted by Crippen LogP contribution is -2.14. The van der Waals surface area contributed by atoms with E-state index in [1.165, 1.54) is 0 Å². The molecule has 0 unspecified atom stereocenters. The minimum Gasteiger partial charge on any atom is -0.461 e. The smallest absolute Gasteiger partial charge is 0.316 e. The topological polar surface area (TPSA) is 65.5 Å². The first-order chi connectivity index (χ1) is 9.77. The highest BCUT2D eigenvalue weighted by molar-refractivity contribution is 5.17. The van der Waals surface area contributed by atoms with E-state index in [9.17, 15) is 0 Å². The molecule has 0 bridgehead atoms. The number of hydrogen-bond acceptors (Lipinski definition) is 6. The largest absolute Gasteiger partial charge is 0.461 e. The van der Waals surface area contributed by atoms with E-state index in [1.54, 1.807) is 13.3 Å². The molecule has 1 aromatic rings. The lowest BCUT2D eigenvalue weighted by molar-refractivity contribution is 0.0782. The van der Waals surface area contributed by atoms with Crippen molar-refractivity contribution in [3.63, 3.8) is 0 Å². The Morgan fingerprint density at radius 2 is 2.05 bits per heavy atom. The number of methoxy groups -OCH3 is 1. The molecule has 114 valence electrons. The van der Waals surface area contributed by atoms with Crippen molar-refractivity contribution in [2.24, 2.45) is 0 Å². The van der Waals surface area contributed by atoms with Crippen LogP contribution in [0.4, 0.5) is 0 Å². The van der Waals surface area contributed by atoms with Gasteiger partial charge in [-0.2, -0.15) is 0 Å². The normalized spacial score (nSPS) is 10.8. The highest BCUT2D eigenvalue weighted by atomic mass is 16.5. The molecule has 20 heavy (non-hydrogen) atoms. The maximum absolute atomic E-state index is 5.45. The van der Waals surface area contributed by atoms with Gasteiger partial charge in [-0.05, 0) is 19.9 Å². The fraction of sp³-hybridized carbons (Fsp3) is 0.714. The monoisotopic (exact) mass is 283 g/mol. The molecule has 0 amide bonds. The van der Waals surface area contributed by atoms with Gasteiger partial charge < -0.3 is 19.5 Å². The summed E-state index contributed by atoms with van der Waals surface area (Å²) in [5, 5.41) is 3.25. The Morgan fingerprint density at radius 3 is 2.75 bits per heavy atom. The Labute approximate surface area is 120 Å². The summed E-state index contributed by atoms with van der Waals surface area (Å²) in [6.45, 7) is 8.13. The number of nitrogens with one attached hydrogen (secondary N) is 1. The molecule has 0 radical (unpaired) electrons. The molecule has 1 rings (SSSR count). The first-order valence-electron chi connectivity index (χ1n) is 7.00. The van der Waals surface area contributed by atoms with Crippen LogP contribution in [0.1, 0.15) is 24.6 Å². The summed E-state index contributed by atoms with van der Waals surface area (Å²) >= 11 is 0. The van der Waals surface area contributed by atoms with Gasteiger partial charge >= 0.3 is 6.01 Å². The molecule has 0 aliphatic heterocycles. The van der Waals surface area contributed by atoms with E-state index >= 15 is 0 Å².